The van der Waals surface area contributed by atoms with E-state index in [1.165, 1.54) is 37.1 Å². The van der Waals surface area contributed by atoms with E-state index in [9.17, 15) is 8.78 Å². The Balaban J connectivity index is 1.62. The van der Waals surface area contributed by atoms with E-state index < -0.39 is 6.61 Å². The van der Waals surface area contributed by atoms with Crippen molar-refractivity contribution in [3.05, 3.63) is 53.1 Å². The second kappa shape index (κ2) is 9.39. The third kappa shape index (κ3) is 5.12. The molecule has 3 N–H and O–H groups in total. The number of guanidine groups is 1. The number of hydrogen-bond donors (Lipinski definition) is 2. The number of ether oxygens (including phenoxy) is 2. The minimum atomic E-state index is -2.90. The van der Waals surface area contributed by atoms with Gasteiger partial charge >= 0.3 is 6.61 Å². The van der Waals surface area contributed by atoms with Gasteiger partial charge in [-0.15, -0.1) is 0 Å². The number of alkyl halides is 2. The summed E-state index contributed by atoms with van der Waals surface area (Å²) in [6, 6.07) is 11.2. The summed E-state index contributed by atoms with van der Waals surface area (Å²) in [6.07, 6.45) is 5.09. The Bertz CT molecular complexity index is 840. The van der Waals surface area contributed by atoms with Crippen LogP contribution in [-0.2, 0) is 19.3 Å². The highest BCUT2D eigenvalue weighted by atomic mass is 19.3. The van der Waals surface area contributed by atoms with Gasteiger partial charge in [0.2, 0.25) is 0 Å². The van der Waals surface area contributed by atoms with Crippen LogP contribution in [0.25, 0.3) is 0 Å². The monoisotopic (exact) mass is 389 g/mol. The van der Waals surface area contributed by atoms with Crippen molar-refractivity contribution in [1.82, 2.24) is 0 Å². The summed E-state index contributed by atoms with van der Waals surface area (Å²) in [5.74, 6) is 0.625. The number of fused-ring (bicyclic) bond motifs is 1. The van der Waals surface area contributed by atoms with Gasteiger partial charge in [-0.3, -0.25) is 4.99 Å². The van der Waals surface area contributed by atoms with Crippen LogP contribution < -0.4 is 20.5 Å². The Morgan fingerprint density at radius 2 is 2.00 bits per heavy atom. The molecule has 2 aromatic carbocycles. The summed E-state index contributed by atoms with van der Waals surface area (Å²) in [4.78, 5) is 4.36. The van der Waals surface area contributed by atoms with Crippen LogP contribution in [0.4, 0.5) is 14.5 Å². The first-order valence-electron chi connectivity index (χ1n) is 9.36. The molecule has 0 unspecified atom stereocenters. The first-order chi connectivity index (χ1) is 13.6. The molecule has 3 rings (SSSR count). The standard InChI is InChI=1S/C21H25F2N3O2/c1-27-18-10-9-14(13-19(18)28-20(22)23)11-12-25-21(24)26-17-8-4-6-15-5-2-3-7-16(15)17/h4,6,8-10,13,20H,2-3,5,7,11-12H2,1H3,(H3,24,25,26). The first-order valence-corrected chi connectivity index (χ1v) is 9.36. The molecular weight excluding hydrogens is 364 g/mol. The molecule has 0 spiro atoms. The minimum absolute atomic E-state index is 0.0148. The fraction of sp³-hybridized carbons (Fsp3) is 0.381. The molecule has 0 heterocycles. The predicted octanol–water partition coefficient (Wildman–Crippen LogP) is 4.14. The lowest BCUT2D eigenvalue weighted by Crippen LogP contribution is -2.24. The fourth-order valence-electron chi connectivity index (χ4n) is 3.45. The van der Waals surface area contributed by atoms with Crippen LogP contribution in [0.3, 0.4) is 0 Å². The highest BCUT2D eigenvalue weighted by Crippen LogP contribution is 2.30. The number of aryl methyl sites for hydroxylation is 1. The smallest absolute Gasteiger partial charge is 0.387 e. The normalized spacial score (nSPS) is 13.9. The summed E-state index contributed by atoms with van der Waals surface area (Å²) in [5, 5.41) is 3.20. The average molecular weight is 389 g/mol. The van der Waals surface area contributed by atoms with Gasteiger partial charge < -0.3 is 20.5 Å². The lowest BCUT2D eigenvalue weighted by molar-refractivity contribution is -0.0512. The second-order valence-corrected chi connectivity index (χ2v) is 6.66. The van der Waals surface area contributed by atoms with E-state index in [0.29, 0.717) is 18.9 Å². The number of halogens is 2. The number of aliphatic imine (C=N–C) groups is 1. The molecule has 5 nitrogen and oxygen atoms in total. The maximum Gasteiger partial charge on any atom is 0.387 e. The Labute approximate surface area is 163 Å². The molecule has 7 heteroatoms. The molecule has 1 aliphatic carbocycles. The zero-order valence-corrected chi connectivity index (χ0v) is 15.9. The van der Waals surface area contributed by atoms with Crippen molar-refractivity contribution in [1.29, 1.82) is 0 Å². The van der Waals surface area contributed by atoms with E-state index in [2.05, 4.69) is 21.1 Å². The Hall–Kier alpha value is -2.83. The van der Waals surface area contributed by atoms with Crippen LogP contribution in [-0.4, -0.2) is 26.2 Å². The molecule has 0 amide bonds. The summed E-state index contributed by atoms with van der Waals surface area (Å²) >= 11 is 0. The van der Waals surface area contributed by atoms with Crippen molar-refractivity contribution >= 4 is 11.6 Å². The van der Waals surface area contributed by atoms with Crippen molar-refractivity contribution in [3.8, 4) is 11.5 Å². The van der Waals surface area contributed by atoms with Crippen molar-refractivity contribution < 1.29 is 18.3 Å². The number of nitrogens with two attached hydrogens (primary N) is 1. The first kappa shape index (κ1) is 19.9. The van der Waals surface area contributed by atoms with E-state index >= 15 is 0 Å². The van der Waals surface area contributed by atoms with Crippen LogP contribution in [0.5, 0.6) is 11.5 Å². The lowest BCUT2D eigenvalue weighted by Gasteiger charge is -2.19. The lowest BCUT2D eigenvalue weighted by atomic mass is 9.90. The summed E-state index contributed by atoms with van der Waals surface area (Å²) in [6.45, 7) is -2.48. The highest BCUT2D eigenvalue weighted by molar-refractivity contribution is 5.93. The molecule has 28 heavy (non-hydrogen) atoms. The number of anilines is 1. The Kier molecular flexibility index (Phi) is 6.68. The van der Waals surface area contributed by atoms with Gasteiger partial charge in [-0.25, -0.2) is 0 Å². The van der Waals surface area contributed by atoms with E-state index in [1.54, 1.807) is 12.1 Å². The van der Waals surface area contributed by atoms with Crippen molar-refractivity contribution in [2.45, 2.75) is 38.7 Å². The van der Waals surface area contributed by atoms with Crippen LogP contribution in [0, 0.1) is 0 Å². The maximum absolute atomic E-state index is 12.5. The molecule has 0 aromatic heterocycles. The number of methoxy groups -OCH3 is 1. The highest BCUT2D eigenvalue weighted by Gasteiger charge is 2.13. The van der Waals surface area contributed by atoms with Crippen LogP contribution in [0.15, 0.2) is 41.4 Å². The van der Waals surface area contributed by atoms with Gasteiger partial charge in [0.05, 0.1) is 7.11 Å². The summed E-state index contributed by atoms with van der Waals surface area (Å²) in [7, 11) is 1.41. The molecule has 0 radical (unpaired) electrons. The number of nitrogens with one attached hydrogen (secondary N) is 1. The van der Waals surface area contributed by atoms with Gasteiger partial charge in [0.15, 0.2) is 17.5 Å². The van der Waals surface area contributed by atoms with Crippen molar-refractivity contribution in [2.24, 2.45) is 10.7 Å². The molecule has 150 valence electrons. The molecule has 0 saturated heterocycles. The van der Waals surface area contributed by atoms with Crippen molar-refractivity contribution in [3.63, 3.8) is 0 Å². The zero-order chi connectivity index (χ0) is 19.9. The second-order valence-electron chi connectivity index (χ2n) is 6.66. The van der Waals surface area contributed by atoms with Gasteiger partial charge in [0, 0.05) is 12.2 Å². The number of benzene rings is 2. The van der Waals surface area contributed by atoms with Gasteiger partial charge in [0.25, 0.3) is 0 Å². The van der Waals surface area contributed by atoms with Crippen LogP contribution >= 0.6 is 0 Å². The van der Waals surface area contributed by atoms with Gasteiger partial charge in [-0.2, -0.15) is 8.78 Å². The summed E-state index contributed by atoms with van der Waals surface area (Å²) in [5.41, 5.74) is 10.5. The third-order valence-electron chi connectivity index (χ3n) is 4.79. The van der Waals surface area contributed by atoms with Crippen LogP contribution in [0.1, 0.15) is 29.5 Å². The largest absolute Gasteiger partial charge is 0.493 e. The topological polar surface area (TPSA) is 68.9 Å². The molecule has 0 fully saturated rings. The predicted molar refractivity (Wildman–Crippen MR) is 107 cm³/mol. The van der Waals surface area contributed by atoms with Gasteiger partial charge in [-0.05, 0) is 67.0 Å². The SMILES string of the molecule is COc1ccc(CCN=C(N)Nc2cccc3c2CCCC3)cc1OC(F)F. The summed E-state index contributed by atoms with van der Waals surface area (Å²) < 4.78 is 34.6. The van der Waals surface area contributed by atoms with Crippen LogP contribution in [0.2, 0.25) is 0 Å². The number of hydrogen-bond acceptors (Lipinski definition) is 3. The molecule has 0 aliphatic heterocycles. The third-order valence-corrected chi connectivity index (χ3v) is 4.79. The van der Waals surface area contributed by atoms with Crippen molar-refractivity contribution in [2.75, 3.05) is 19.0 Å². The number of rotatable bonds is 7. The quantitative estimate of drug-likeness (QED) is 0.552. The minimum Gasteiger partial charge on any atom is -0.493 e. The van der Waals surface area contributed by atoms with E-state index in [0.717, 1.165) is 24.1 Å². The molecule has 0 bridgehead atoms. The Morgan fingerprint density at radius 3 is 2.79 bits per heavy atom. The molecule has 0 atom stereocenters. The maximum atomic E-state index is 12.5. The zero-order valence-electron chi connectivity index (χ0n) is 15.9. The fourth-order valence-corrected chi connectivity index (χ4v) is 3.45. The molecule has 0 saturated carbocycles. The molecule has 2 aromatic rings. The Morgan fingerprint density at radius 1 is 1.18 bits per heavy atom. The molecular formula is C21H25F2N3O2. The number of nitrogens with zero attached hydrogens (tertiary/aromatic N) is 1. The van der Waals surface area contributed by atoms with Gasteiger partial charge in [-0.1, -0.05) is 18.2 Å². The van der Waals surface area contributed by atoms with E-state index in [1.807, 2.05) is 12.1 Å². The van der Waals surface area contributed by atoms with E-state index in [4.69, 9.17) is 10.5 Å². The average Bonchev–Trinajstić information content (AvgIpc) is 2.68. The van der Waals surface area contributed by atoms with E-state index in [-0.39, 0.29) is 11.5 Å². The van der Waals surface area contributed by atoms with Gasteiger partial charge in [0.1, 0.15) is 0 Å². The molecule has 1 aliphatic rings.